The third-order valence-electron chi connectivity index (χ3n) is 1.77. The summed E-state index contributed by atoms with van der Waals surface area (Å²) in [6.07, 6.45) is 4.09. The highest BCUT2D eigenvalue weighted by Gasteiger charge is 2.11. The van der Waals surface area contributed by atoms with Crippen molar-refractivity contribution in [2.75, 3.05) is 0 Å². The summed E-state index contributed by atoms with van der Waals surface area (Å²) >= 11 is 0. The molecule has 0 fully saturated rings. The van der Waals surface area contributed by atoms with Crippen LogP contribution in [0.4, 0.5) is 0 Å². The van der Waals surface area contributed by atoms with E-state index in [-0.39, 0.29) is 4.90 Å². The molecule has 0 aliphatic heterocycles. The molecule has 0 aromatic carbocycles. The monoisotopic (exact) mass is 224 g/mol. The highest BCUT2D eigenvalue weighted by Crippen LogP contribution is 2.08. The molecular weight excluding hydrogens is 216 g/mol. The van der Waals surface area contributed by atoms with E-state index in [9.17, 15) is 8.42 Å². The van der Waals surface area contributed by atoms with Gasteiger partial charge in [-0.2, -0.15) is 5.10 Å². The molecular formula is C8H8N4O2S. The van der Waals surface area contributed by atoms with Gasteiger partial charge in [-0.15, -0.1) is 0 Å². The summed E-state index contributed by atoms with van der Waals surface area (Å²) in [7, 11) is -3.70. The average molecular weight is 224 g/mol. The molecule has 7 heteroatoms. The molecule has 0 aliphatic rings. The molecule has 0 unspecified atom stereocenters. The van der Waals surface area contributed by atoms with Crippen LogP contribution in [0.1, 0.15) is 0 Å². The molecule has 2 aromatic rings. The molecule has 0 amide bonds. The molecule has 0 bridgehead atoms. The molecule has 0 saturated heterocycles. The van der Waals surface area contributed by atoms with Crippen LogP contribution < -0.4 is 5.14 Å². The average Bonchev–Trinajstić information content (AvgIpc) is 2.67. The Morgan fingerprint density at radius 2 is 2.13 bits per heavy atom. The Balaban J connectivity index is 2.46. The van der Waals surface area contributed by atoms with Gasteiger partial charge in [0.2, 0.25) is 10.0 Å². The van der Waals surface area contributed by atoms with Crippen molar-refractivity contribution in [3.63, 3.8) is 0 Å². The molecule has 2 heterocycles. The second kappa shape index (κ2) is 3.44. The highest BCUT2D eigenvalue weighted by molar-refractivity contribution is 7.89. The minimum atomic E-state index is -3.70. The van der Waals surface area contributed by atoms with Crippen molar-refractivity contribution in [3.8, 4) is 5.82 Å². The largest absolute Gasteiger partial charge is 0.241 e. The van der Waals surface area contributed by atoms with E-state index in [4.69, 9.17) is 5.14 Å². The summed E-state index contributed by atoms with van der Waals surface area (Å²) in [6.45, 7) is 0. The van der Waals surface area contributed by atoms with E-state index in [1.165, 1.54) is 17.1 Å². The predicted molar refractivity (Wildman–Crippen MR) is 52.7 cm³/mol. The van der Waals surface area contributed by atoms with E-state index in [2.05, 4.69) is 10.1 Å². The zero-order chi connectivity index (χ0) is 10.9. The zero-order valence-electron chi connectivity index (χ0n) is 7.61. The van der Waals surface area contributed by atoms with Gasteiger partial charge in [0.05, 0.1) is 12.4 Å². The Labute approximate surface area is 86.4 Å². The molecule has 0 atom stereocenters. The molecule has 0 saturated carbocycles. The van der Waals surface area contributed by atoms with Crippen LogP contribution in [0.5, 0.6) is 0 Å². The first-order valence-electron chi connectivity index (χ1n) is 4.06. The SMILES string of the molecule is NS(=O)(=O)c1cnn(-c2ccccn2)c1. The maximum absolute atomic E-state index is 11.0. The van der Waals surface area contributed by atoms with Crippen LogP contribution >= 0.6 is 0 Å². The second-order valence-electron chi connectivity index (χ2n) is 2.85. The molecule has 6 nitrogen and oxygen atoms in total. The van der Waals surface area contributed by atoms with Gasteiger partial charge in [-0.05, 0) is 12.1 Å². The van der Waals surface area contributed by atoms with Crippen LogP contribution in [-0.4, -0.2) is 23.2 Å². The molecule has 78 valence electrons. The Bertz CT molecular complexity index is 561. The Morgan fingerprint density at radius 3 is 2.67 bits per heavy atom. The fourth-order valence-corrected chi connectivity index (χ4v) is 1.51. The third-order valence-corrected chi connectivity index (χ3v) is 2.64. The molecule has 2 aromatic heterocycles. The summed E-state index contributed by atoms with van der Waals surface area (Å²) < 4.78 is 23.3. The van der Waals surface area contributed by atoms with Gasteiger partial charge in [0.25, 0.3) is 0 Å². The lowest BCUT2D eigenvalue weighted by molar-refractivity contribution is 0.598. The van der Waals surface area contributed by atoms with Crippen molar-refractivity contribution >= 4 is 10.0 Å². The van der Waals surface area contributed by atoms with Gasteiger partial charge in [0, 0.05) is 6.20 Å². The molecule has 0 aliphatic carbocycles. The van der Waals surface area contributed by atoms with E-state index in [1.807, 2.05) is 0 Å². The third kappa shape index (κ3) is 2.03. The van der Waals surface area contributed by atoms with E-state index in [1.54, 1.807) is 24.4 Å². The molecule has 0 spiro atoms. The van der Waals surface area contributed by atoms with Gasteiger partial charge in [0.15, 0.2) is 5.82 Å². The van der Waals surface area contributed by atoms with Gasteiger partial charge < -0.3 is 0 Å². The number of sulfonamides is 1. The summed E-state index contributed by atoms with van der Waals surface area (Å²) in [4.78, 5) is 3.98. The van der Waals surface area contributed by atoms with Crippen molar-refractivity contribution < 1.29 is 8.42 Å². The summed E-state index contributed by atoms with van der Waals surface area (Å²) in [6, 6.07) is 5.24. The second-order valence-corrected chi connectivity index (χ2v) is 4.41. The minimum absolute atomic E-state index is 0.0341. The lowest BCUT2D eigenvalue weighted by atomic mass is 10.5. The Kier molecular flexibility index (Phi) is 2.25. The number of hydrogen-bond acceptors (Lipinski definition) is 4. The molecule has 2 rings (SSSR count). The number of aromatic nitrogens is 3. The lowest BCUT2D eigenvalue weighted by Crippen LogP contribution is -2.11. The van der Waals surface area contributed by atoms with Crippen LogP contribution in [0.25, 0.3) is 5.82 Å². The number of primary sulfonamides is 1. The first kappa shape index (κ1) is 9.81. The van der Waals surface area contributed by atoms with Gasteiger partial charge in [-0.1, -0.05) is 6.07 Å². The normalized spacial score (nSPS) is 11.5. The first-order valence-corrected chi connectivity index (χ1v) is 5.61. The predicted octanol–water partition coefficient (Wildman–Crippen LogP) is -0.0853. The number of pyridine rings is 1. The quantitative estimate of drug-likeness (QED) is 0.772. The van der Waals surface area contributed by atoms with Gasteiger partial charge >= 0.3 is 0 Å². The van der Waals surface area contributed by atoms with E-state index in [0.717, 1.165) is 0 Å². The van der Waals surface area contributed by atoms with Crippen molar-refractivity contribution in [3.05, 3.63) is 36.8 Å². The maximum Gasteiger partial charge on any atom is 0.241 e. The molecule has 2 N–H and O–H groups in total. The van der Waals surface area contributed by atoms with Crippen molar-refractivity contribution in [1.29, 1.82) is 0 Å². The number of nitrogens with zero attached hydrogens (tertiary/aromatic N) is 3. The van der Waals surface area contributed by atoms with Crippen LogP contribution in [0, 0.1) is 0 Å². The topological polar surface area (TPSA) is 90.9 Å². The Hall–Kier alpha value is -1.73. The zero-order valence-corrected chi connectivity index (χ0v) is 8.42. The highest BCUT2D eigenvalue weighted by atomic mass is 32.2. The fraction of sp³-hybridized carbons (Fsp3) is 0. The van der Waals surface area contributed by atoms with Gasteiger partial charge in [-0.25, -0.2) is 23.2 Å². The molecule has 0 radical (unpaired) electrons. The van der Waals surface area contributed by atoms with Gasteiger partial charge in [0.1, 0.15) is 4.90 Å². The van der Waals surface area contributed by atoms with Crippen LogP contribution in [0.3, 0.4) is 0 Å². The standard InChI is InChI=1S/C8H8N4O2S/c9-15(13,14)7-5-11-12(6-7)8-3-1-2-4-10-8/h1-6H,(H2,9,13,14). The van der Waals surface area contributed by atoms with Crippen LogP contribution in [-0.2, 0) is 10.0 Å². The van der Waals surface area contributed by atoms with Crippen LogP contribution in [0.2, 0.25) is 0 Å². The smallest absolute Gasteiger partial charge is 0.237 e. The van der Waals surface area contributed by atoms with Crippen molar-refractivity contribution in [2.24, 2.45) is 5.14 Å². The summed E-state index contributed by atoms with van der Waals surface area (Å²) in [5.41, 5.74) is 0. The van der Waals surface area contributed by atoms with E-state index in [0.29, 0.717) is 5.82 Å². The number of nitrogens with two attached hydrogens (primary N) is 1. The lowest BCUT2D eigenvalue weighted by Gasteiger charge is -1.97. The number of hydrogen-bond donors (Lipinski definition) is 1. The number of rotatable bonds is 2. The maximum atomic E-state index is 11.0. The van der Waals surface area contributed by atoms with Crippen LogP contribution in [0.15, 0.2) is 41.7 Å². The minimum Gasteiger partial charge on any atom is -0.237 e. The van der Waals surface area contributed by atoms with E-state index >= 15 is 0 Å². The van der Waals surface area contributed by atoms with Crippen molar-refractivity contribution in [1.82, 2.24) is 14.8 Å². The Morgan fingerprint density at radius 1 is 1.33 bits per heavy atom. The van der Waals surface area contributed by atoms with Crippen molar-refractivity contribution in [2.45, 2.75) is 4.90 Å². The molecule has 15 heavy (non-hydrogen) atoms. The van der Waals surface area contributed by atoms with Gasteiger partial charge in [-0.3, -0.25) is 0 Å². The fourth-order valence-electron chi connectivity index (χ4n) is 1.07. The summed E-state index contributed by atoms with van der Waals surface area (Å²) in [5.74, 6) is 0.535. The summed E-state index contributed by atoms with van der Waals surface area (Å²) in [5, 5.41) is 8.79. The van der Waals surface area contributed by atoms with E-state index < -0.39 is 10.0 Å². The first-order chi connectivity index (χ1) is 7.07.